The van der Waals surface area contributed by atoms with E-state index in [1.54, 1.807) is 5.57 Å². The van der Waals surface area contributed by atoms with Crippen molar-refractivity contribution < 1.29 is 9.22 Å². The van der Waals surface area contributed by atoms with Gasteiger partial charge in [-0.15, -0.1) is 0 Å². The van der Waals surface area contributed by atoms with E-state index in [0.29, 0.717) is 11.7 Å². The SMILES string of the molecule is C[C@H](CCCC(C)(C)O[Si](C)(C)C)C1=CC[C@@H]2C(=O)CCC[C@@]12C. The predicted octanol–water partition coefficient (Wildman–Crippen LogP) is 6.13. The van der Waals surface area contributed by atoms with Gasteiger partial charge in [-0.1, -0.05) is 31.9 Å². The molecular weight excluding hydrogens is 312 g/mol. The van der Waals surface area contributed by atoms with Gasteiger partial charge in [0.05, 0.1) is 5.60 Å². The van der Waals surface area contributed by atoms with Crippen molar-refractivity contribution in [3.8, 4) is 0 Å². The monoisotopic (exact) mass is 350 g/mol. The van der Waals surface area contributed by atoms with E-state index in [-0.39, 0.29) is 16.9 Å². The lowest BCUT2D eigenvalue weighted by Gasteiger charge is -2.40. The Morgan fingerprint density at radius 1 is 1.38 bits per heavy atom. The van der Waals surface area contributed by atoms with E-state index in [2.05, 4.69) is 53.4 Å². The maximum atomic E-state index is 12.3. The lowest BCUT2D eigenvalue weighted by molar-refractivity contribution is -0.128. The summed E-state index contributed by atoms with van der Waals surface area (Å²) in [6, 6.07) is 0. The van der Waals surface area contributed by atoms with Gasteiger partial charge in [0, 0.05) is 12.3 Å². The molecule has 0 aromatic heterocycles. The molecule has 0 aliphatic heterocycles. The number of allylic oxidation sites excluding steroid dienone is 2. The molecule has 3 atom stereocenters. The first-order chi connectivity index (χ1) is 10.9. The molecule has 24 heavy (non-hydrogen) atoms. The second kappa shape index (κ2) is 7.07. The normalized spacial score (nSPS) is 29.4. The Kier molecular flexibility index (Phi) is 5.86. The van der Waals surface area contributed by atoms with Gasteiger partial charge in [-0.25, -0.2) is 0 Å². The van der Waals surface area contributed by atoms with E-state index in [1.165, 1.54) is 19.3 Å². The van der Waals surface area contributed by atoms with E-state index in [4.69, 9.17) is 4.43 Å². The Balaban J connectivity index is 1.89. The van der Waals surface area contributed by atoms with E-state index in [0.717, 1.165) is 25.7 Å². The zero-order valence-electron chi connectivity index (χ0n) is 17.0. The van der Waals surface area contributed by atoms with E-state index < -0.39 is 8.32 Å². The van der Waals surface area contributed by atoms with Crippen molar-refractivity contribution in [2.45, 2.75) is 97.9 Å². The summed E-state index contributed by atoms with van der Waals surface area (Å²) < 4.78 is 6.33. The van der Waals surface area contributed by atoms with Crippen LogP contribution in [0.3, 0.4) is 0 Å². The molecule has 0 heterocycles. The quantitative estimate of drug-likeness (QED) is 0.408. The smallest absolute Gasteiger partial charge is 0.184 e. The Labute approximate surface area is 150 Å². The summed E-state index contributed by atoms with van der Waals surface area (Å²) in [5.41, 5.74) is 1.71. The number of hydrogen-bond donors (Lipinski definition) is 0. The fourth-order valence-electron chi connectivity index (χ4n) is 5.18. The van der Waals surface area contributed by atoms with Crippen LogP contribution in [-0.4, -0.2) is 19.7 Å². The van der Waals surface area contributed by atoms with Gasteiger partial charge in [0.25, 0.3) is 0 Å². The molecule has 138 valence electrons. The number of carbonyl (C=O) groups excluding carboxylic acids is 1. The molecule has 2 nitrogen and oxygen atoms in total. The Morgan fingerprint density at radius 2 is 2.04 bits per heavy atom. The Morgan fingerprint density at radius 3 is 2.67 bits per heavy atom. The van der Waals surface area contributed by atoms with Crippen molar-refractivity contribution in [1.29, 1.82) is 0 Å². The van der Waals surface area contributed by atoms with Crippen molar-refractivity contribution in [3.05, 3.63) is 11.6 Å². The number of carbonyl (C=O) groups is 1. The molecule has 0 bridgehead atoms. The fraction of sp³-hybridized carbons (Fsp3) is 0.857. The zero-order valence-corrected chi connectivity index (χ0v) is 18.0. The first kappa shape index (κ1) is 19.9. The van der Waals surface area contributed by atoms with Crippen LogP contribution in [0.2, 0.25) is 19.6 Å². The molecule has 0 aromatic carbocycles. The van der Waals surface area contributed by atoms with Crippen LogP contribution < -0.4 is 0 Å². The molecule has 0 spiro atoms. The molecule has 3 heteroatoms. The summed E-state index contributed by atoms with van der Waals surface area (Å²) in [5.74, 6) is 1.37. The van der Waals surface area contributed by atoms with Crippen molar-refractivity contribution >= 4 is 14.1 Å². The van der Waals surface area contributed by atoms with Crippen LogP contribution in [-0.2, 0) is 9.22 Å². The molecule has 2 aliphatic carbocycles. The van der Waals surface area contributed by atoms with Gasteiger partial charge in [0.1, 0.15) is 5.78 Å². The predicted molar refractivity (Wildman–Crippen MR) is 105 cm³/mol. The van der Waals surface area contributed by atoms with E-state index in [9.17, 15) is 4.79 Å². The first-order valence-corrected chi connectivity index (χ1v) is 13.3. The largest absolute Gasteiger partial charge is 0.413 e. The minimum absolute atomic E-state index is 0.0124. The number of fused-ring (bicyclic) bond motifs is 1. The van der Waals surface area contributed by atoms with Gasteiger partial charge in [-0.05, 0) is 76.9 Å². The standard InChI is InChI=1S/C21H38O2Si/c1-16(10-8-14-20(2,3)23-24(5,6)7)17-12-13-18-19(22)11-9-15-21(17,18)4/h12,16,18H,8-11,13-15H2,1-7H3/t16-,18-,21+/m1/s1. The van der Waals surface area contributed by atoms with Crippen molar-refractivity contribution in [1.82, 2.24) is 0 Å². The molecule has 1 fully saturated rings. The summed E-state index contributed by atoms with van der Waals surface area (Å²) in [4.78, 5) is 12.3. The zero-order chi connectivity index (χ0) is 18.2. The highest BCUT2D eigenvalue weighted by molar-refractivity contribution is 6.69. The lowest BCUT2D eigenvalue weighted by atomic mass is 9.63. The van der Waals surface area contributed by atoms with Gasteiger partial charge < -0.3 is 4.43 Å². The molecule has 0 aromatic rings. The van der Waals surface area contributed by atoms with Gasteiger partial charge in [0.2, 0.25) is 0 Å². The van der Waals surface area contributed by atoms with Gasteiger partial charge in [0.15, 0.2) is 8.32 Å². The minimum atomic E-state index is -1.49. The van der Waals surface area contributed by atoms with Crippen LogP contribution in [0.25, 0.3) is 0 Å². The second-order valence-electron chi connectivity index (χ2n) is 9.95. The Hall–Kier alpha value is -0.413. The molecule has 0 saturated heterocycles. The minimum Gasteiger partial charge on any atom is -0.413 e. The maximum absolute atomic E-state index is 12.3. The van der Waals surface area contributed by atoms with Crippen molar-refractivity contribution in [3.63, 3.8) is 0 Å². The van der Waals surface area contributed by atoms with Crippen LogP contribution in [0, 0.1) is 17.3 Å². The summed E-state index contributed by atoms with van der Waals surface area (Å²) in [5, 5.41) is 0. The molecule has 1 saturated carbocycles. The van der Waals surface area contributed by atoms with Crippen LogP contribution in [0.1, 0.15) is 72.6 Å². The average Bonchev–Trinajstić information content (AvgIpc) is 2.74. The van der Waals surface area contributed by atoms with E-state index in [1.807, 2.05) is 0 Å². The summed E-state index contributed by atoms with van der Waals surface area (Å²) in [7, 11) is -1.49. The topological polar surface area (TPSA) is 26.3 Å². The van der Waals surface area contributed by atoms with Crippen LogP contribution in [0.4, 0.5) is 0 Å². The van der Waals surface area contributed by atoms with Crippen LogP contribution >= 0.6 is 0 Å². The van der Waals surface area contributed by atoms with Gasteiger partial charge >= 0.3 is 0 Å². The summed E-state index contributed by atoms with van der Waals surface area (Å²) in [6.07, 6.45) is 10.00. The fourth-order valence-corrected chi connectivity index (χ4v) is 6.94. The highest BCUT2D eigenvalue weighted by Crippen LogP contribution is 2.53. The highest BCUT2D eigenvalue weighted by atomic mass is 28.4. The average molecular weight is 351 g/mol. The Bertz CT molecular complexity index is 500. The molecule has 2 aliphatic rings. The maximum Gasteiger partial charge on any atom is 0.184 e. The molecular formula is C21H38O2Si. The lowest BCUT2D eigenvalue weighted by Crippen LogP contribution is -2.38. The number of hydrogen-bond acceptors (Lipinski definition) is 2. The molecule has 0 radical (unpaired) electrons. The molecule has 2 rings (SSSR count). The highest BCUT2D eigenvalue weighted by Gasteiger charge is 2.47. The number of rotatable bonds is 7. The summed E-state index contributed by atoms with van der Waals surface area (Å²) >= 11 is 0. The molecule has 0 N–H and O–H groups in total. The van der Waals surface area contributed by atoms with Crippen molar-refractivity contribution in [2.75, 3.05) is 0 Å². The molecule has 0 amide bonds. The number of Topliss-reactive ketones (excluding diaryl/α,β-unsaturated/α-hetero) is 1. The van der Waals surface area contributed by atoms with Crippen LogP contribution in [0.5, 0.6) is 0 Å². The van der Waals surface area contributed by atoms with Crippen LogP contribution in [0.15, 0.2) is 11.6 Å². The second-order valence-corrected chi connectivity index (χ2v) is 14.4. The van der Waals surface area contributed by atoms with E-state index >= 15 is 0 Å². The third-order valence-corrected chi connectivity index (χ3v) is 7.20. The first-order valence-electron chi connectivity index (χ1n) is 9.88. The van der Waals surface area contributed by atoms with Crippen molar-refractivity contribution in [2.24, 2.45) is 17.3 Å². The third kappa shape index (κ3) is 4.60. The third-order valence-electron chi connectivity index (χ3n) is 6.04. The number of ketones is 1. The van der Waals surface area contributed by atoms with Gasteiger partial charge in [-0.3, -0.25) is 4.79 Å². The van der Waals surface area contributed by atoms with Gasteiger partial charge in [-0.2, -0.15) is 0 Å². The summed E-state index contributed by atoms with van der Waals surface area (Å²) in [6.45, 7) is 16.0. The molecule has 0 unspecified atom stereocenters.